The second-order valence-corrected chi connectivity index (χ2v) is 7.61. The van der Waals surface area contributed by atoms with Gasteiger partial charge in [0.25, 0.3) is 5.56 Å². The molecule has 0 aliphatic carbocycles. The molecule has 1 heterocycles. The maximum Gasteiger partial charge on any atom is 0.417 e. The van der Waals surface area contributed by atoms with Gasteiger partial charge in [0.2, 0.25) is 0 Å². The molecule has 1 aromatic heterocycles. The molecule has 0 bridgehead atoms. The van der Waals surface area contributed by atoms with Crippen LogP contribution in [-0.4, -0.2) is 25.9 Å². The first-order valence-corrected chi connectivity index (χ1v) is 10.4. The van der Waals surface area contributed by atoms with Crippen LogP contribution in [0.5, 0.6) is 0 Å². The molecule has 11 heteroatoms. The molecule has 3 aromatic rings. The van der Waals surface area contributed by atoms with Crippen LogP contribution >= 0.6 is 0 Å². The van der Waals surface area contributed by atoms with Gasteiger partial charge in [0.15, 0.2) is 0 Å². The molecule has 3 rings (SSSR count). The van der Waals surface area contributed by atoms with E-state index < -0.39 is 34.5 Å². The highest BCUT2D eigenvalue weighted by molar-refractivity contribution is 7.81. The number of halogens is 3. The summed E-state index contributed by atoms with van der Waals surface area (Å²) in [6.45, 7) is 1.90. The Kier molecular flexibility index (Phi) is 6.70. The van der Waals surface area contributed by atoms with Crippen LogP contribution in [0.15, 0.2) is 53.3 Å². The van der Waals surface area contributed by atoms with Crippen molar-refractivity contribution in [2.75, 3.05) is 10.9 Å². The fraction of sp³-hybridized carbons (Fsp3) is 0.238. The first kappa shape index (κ1) is 23.5. The Bertz CT molecular complexity index is 1240. The molecular formula is C21H18F3N2O5S-. The van der Waals surface area contributed by atoms with Crippen LogP contribution in [0.25, 0.3) is 10.9 Å². The van der Waals surface area contributed by atoms with Crippen LogP contribution in [-0.2, 0) is 40.4 Å². The van der Waals surface area contributed by atoms with E-state index in [4.69, 9.17) is 4.74 Å². The Morgan fingerprint density at radius 3 is 2.31 bits per heavy atom. The summed E-state index contributed by atoms with van der Waals surface area (Å²) in [6, 6.07) is 10.0. The molecule has 0 radical (unpaired) electrons. The maximum atomic E-state index is 13.5. The number of benzene rings is 2. The quantitative estimate of drug-likeness (QED) is 0.408. The predicted octanol–water partition coefficient (Wildman–Crippen LogP) is 3.60. The largest absolute Gasteiger partial charge is 0.755 e. The molecule has 0 saturated carbocycles. The van der Waals surface area contributed by atoms with Crippen molar-refractivity contribution in [2.45, 2.75) is 19.5 Å². The van der Waals surface area contributed by atoms with Crippen LogP contribution in [0.4, 0.5) is 24.5 Å². The number of hydrogen-bond donors (Lipinski definition) is 0. The number of carbonyl (C=O) groups excluding carboxylic acids is 1. The summed E-state index contributed by atoms with van der Waals surface area (Å²) < 4.78 is 71.2. The second-order valence-electron chi connectivity index (χ2n) is 6.81. The van der Waals surface area contributed by atoms with Gasteiger partial charge >= 0.3 is 12.1 Å². The molecule has 0 fully saturated rings. The minimum atomic E-state index is -4.81. The highest BCUT2D eigenvalue weighted by Crippen LogP contribution is 2.36. The number of nitrogens with zero attached hydrogens (tertiary/aromatic N) is 2. The van der Waals surface area contributed by atoms with Gasteiger partial charge in [-0.05, 0) is 42.8 Å². The molecule has 0 spiro atoms. The van der Waals surface area contributed by atoms with Crippen molar-refractivity contribution in [3.8, 4) is 0 Å². The molecule has 2 aromatic carbocycles. The SMILES string of the molecule is CCOC(=O)Cc1ccc(N(c2ccc3c(c2)c(C(F)(F)F)cc(=O)n3C)S(=O)[O-])cc1. The second kappa shape index (κ2) is 9.13. The Morgan fingerprint density at radius 2 is 1.75 bits per heavy atom. The normalized spacial score (nSPS) is 12.6. The standard InChI is InChI=1S/C21H19F3N2O5S/c1-3-31-20(28)10-13-4-6-14(7-5-13)26(32(29)30)15-8-9-18-16(11-15)17(21(22,23)24)12-19(27)25(18)2/h4-9,11-12H,3,10H2,1-2H3,(H,29,30)/p-1. The molecule has 0 amide bonds. The third kappa shape index (κ3) is 4.83. The predicted molar refractivity (Wildman–Crippen MR) is 112 cm³/mol. The fourth-order valence-electron chi connectivity index (χ4n) is 3.26. The molecular weight excluding hydrogens is 449 g/mol. The molecule has 1 unspecified atom stereocenters. The third-order valence-corrected chi connectivity index (χ3v) is 5.46. The monoisotopic (exact) mass is 467 g/mol. The van der Waals surface area contributed by atoms with Gasteiger partial charge in [-0.3, -0.25) is 18.1 Å². The summed E-state index contributed by atoms with van der Waals surface area (Å²) >= 11 is -2.86. The zero-order chi connectivity index (χ0) is 23.6. The lowest BCUT2D eigenvalue weighted by Gasteiger charge is -2.27. The third-order valence-electron chi connectivity index (χ3n) is 4.74. The highest BCUT2D eigenvalue weighted by Gasteiger charge is 2.34. The molecule has 0 N–H and O–H groups in total. The van der Waals surface area contributed by atoms with Crippen LogP contribution in [0.3, 0.4) is 0 Å². The number of pyridine rings is 1. The number of aryl methyl sites for hydroxylation is 1. The molecule has 0 aliphatic heterocycles. The molecule has 1 atom stereocenters. The van der Waals surface area contributed by atoms with Crippen molar-refractivity contribution >= 4 is 39.5 Å². The Hall–Kier alpha value is -3.18. The first-order valence-electron chi connectivity index (χ1n) is 9.38. The van der Waals surface area contributed by atoms with Gasteiger partial charge < -0.3 is 13.9 Å². The van der Waals surface area contributed by atoms with Crippen molar-refractivity contribution in [3.63, 3.8) is 0 Å². The summed E-state index contributed by atoms with van der Waals surface area (Å²) in [5.41, 5.74) is -1.29. The van der Waals surface area contributed by atoms with Crippen molar-refractivity contribution in [3.05, 3.63) is 70.0 Å². The van der Waals surface area contributed by atoms with E-state index in [2.05, 4.69) is 0 Å². The molecule has 7 nitrogen and oxygen atoms in total. The van der Waals surface area contributed by atoms with Gasteiger partial charge in [-0.15, -0.1) is 0 Å². The van der Waals surface area contributed by atoms with Gasteiger partial charge in [0.1, 0.15) is 0 Å². The number of esters is 1. The summed E-state index contributed by atoms with van der Waals surface area (Å²) in [7, 11) is 1.33. The van der Waals surface area contributed by atoms with Gasteiger partial charge in [-0.2, -0.15) is 13.2 Å². The Labute approximate surface area is 183 Å². The summed E-state index contributed by atoms with van der Waals surface area (Å²) in [5.74, 6) is -0.440. The molecule has 32 heavy (non-hydrogen) atoms. The topological polar surface area (TPSA) is 91.7 Å². The number of alkyl halides is 3. The van der Waals surface area contributed by atoms with E-state index >= 15 is 0 Å². The van der Waals surface area contributed by atoms with E-state index in [1.165, 1.54) is 43.4 Å². The van der Waals surface area contributed by atoms with Gasteiger partial charge in [-0.25, -0.2) is 0 Å². The number of aromatic nitrogens is 1. The van der Waals surface area contributed by atoms with Crippen molar-refractivity contribution in [2.24, 2.45) is 7.05 Å². The number of ether oxygens (including phenoxy) is 1. The van der Waals surface area contributed by atoms with E-state index in [1.54, 1.807) is 6.92 Å². The smallest absolute Gasteiger partial charge is 0.417 e. The van der Waals surface area contributed by atoms with E-state index in [0.29, 0.717) is 11.6 Å². The average molecular weight is 467 g/mol. The molecule has 0 aliphatic rings. The number of rotatable bonds is 6. The van der Waals surface area contributed by atoms with E-state index in [0.717, 1.165) is 14.9 Å². The van der Waals surface area contributed by atoms with E-state index in [1.807, 2.05) is 0 Å². The lowest BCUT2D eigenvalue weighted by molar-refractivity contribution is -0.142. The minimum absolute atomic E-state index is 0.00642. The van der Waals surface area contributed by atoms with Crippen molar-refractivity contribution < 1.29 is 31.5 Å². The van der Waals surface area contributed by atoms with Gasteiger partial charge in [-0.1, -0.05) is 12.1 Å². The highest BCUT2D eigenvalue weighted by atomic mass is 32.2. The zero-order valence-electron chi connectivity index (χ0n) is 17.0. The van der Waals surface area contributed by atoms with E-state index in [9.17, 15) is 31.5 Å². The van der Waals surface area contributed by atoms with Crippen LogP contribution in [0.2, 0.25) is 0 Å². The van der Waals surface area contributed by atoms with Crippen molar-refractivity contribution in [1.29, 1.82) is 0 Å². The van der Waals surface area contributed by atoms with Crippen LogP contribution in [0.1, 0.15) is 18.1 Å². The summed E-state index contributed by atoms with van der Waals surface area (Å²) in [4.78, 5) is 23.5. The molecule has 0 saturated heterocycles. The fourth-order valence-corrected chi connectivity index (χ4v) is 3.84. The van der Waals surface area contributed by atoms with Crippen molar-refractivity contribution in [1.82, 2.24) is 4.57 Å². The number of hydrogen-bond acceptors (Lipinski definition) is 5. The number of fused-ring (bicyclic) bond motifs is 1. The average Bonchev–Trinajstić information content (AvgIpc) is 2.71. The lowest BCUT2D eigenvalue weighted by Crippen LogP contribution is -2.22. The van der Waals surface area contributed by atoms with Gasteiger partial charge in [0.05, 0.1) is 46.7 Å². The van der Waals surface area contributed by atoms with Crippen LogP contribution < -0.4 is 9.86 Å². The van der Waals surface area contributed by atoms with E-state index in [-0.39, 0.29) is 35.3 Å². The molecule has 170 valence electrons. The number of carbonyl (C=O) groups is 1. The summed E-state index contributed by atoms with van der Waals surface area (Å²) in [5, 5.41) is -0.313. The van der Waals surface area contributed by atoms with Crippen LogP contribution in [0, 0.1) is 0 Å². The summed E-state index contributed by atoms with van der Waals surface area (Å²) in [6.07, 6.45) is -4.81. The Morgan fingerprint density at radius 1 is 1.12 bits per heavy atom. The first-order chi connectivity index (χ1) is 15.0. The minimum Gasteiger partial charge on any atom is -0.755 e. The maximum absolute atomic E-state index is 13.5. The Balaban J connectivity index is 2.08. The lowest BCUT2D eigenvalue weighted by atomic mass is 10.1. The van der Waals surface area contributed by atoms with Gasteiger partial charge in [0, 0.05) is 18.5 Å². The number of anilines is 2. The zero-order valence-corrected chi connectivity index (χ0v) is 17.8.